The summed E-state index contributed by atoms with van der Waals surface area (Å²) >= 11 is 0. The Kier molecular flexibility index (Phi) is 5.30. The largest absolute Gasteiger partial charge is 0.378 e. The highest BCUT2D eigenvalue weighted by atomic mass is 16.5. The predicted molar refractivity (Wildman–Crippen MR) is 125 cm³/mol. The average Bonchev–Trinajstić information content (AvgIpc) is 3.19. The Labute approximate surface area is 182 Å². The molecule has 0 bridgehead atoms. The summed E-state index contributed by atoms with van der Waals surface area (Å²) in [5.74, 6) is 1.62. The number of morpholine rings is 1. The molecular weight excluding hydrogens is 386 g/mol. The van der Waals surface area contributed by atoms with E-state index in [9.17, 15) is 0 Å². The van der Waals surface area contributed by atoms with Crippen LogP contribution < -0.4 is 10.2 Å². The summed E-state index contributed by atoms with van der Waals surface area (Å²) in [7, 11) is 0. The first-order chi connectivity index (χ1) is 15.2. The van der Waals surface area contributed by atoms with Crippen LogP contribution in [0, 0.1) is 6.92 Å². The van der Waals surface area contributed by atoms with Gasteiger partial charge in [0.15, 0.2) is 0 Å². The van der Waals surface area contributed by atoms with Gasteiger partial charge in [0.05, 0.1) is 13.2 Å². The molecule has 1 aliphatic rings. The van der Waals surface area contributed by atoms with Crippen LogP contribution in [0.4, 0.5) is 17.2 Å². The maximum Gasteiger partial charge on any atom is 0.235 e. The Hall–Kier alpha value is -3.38. The molecule has 2 aromatic carbocycles. The molecule has 0 atom stereocenters. The van der Waals surface area contributed by atoms with Crippen LogP contribution in [-0.2, 0) is 11.2 Å². The molecule has 0 amide bonds. The van der Waals surface area contributed by atoms with Crippen LogP contribution in [0.5, 0.6) is 0 Å². The molecule has 2 aromatic heterocycles. The molecule has 5 rings (SSSR count). The number of rotatable bonds is 5. The van der Waals surface area contributed by atoms with Gasteiger partial charge in [0, 0.05) is 42.4 Å². The van der Waals surface area contributed by atoms with Crippen molar-refractivity contribution in [3.63, 3.8) is 0 Å². The normalized spacial score (nSPS) is 14.2. The molecule has 0 saturated carbocycles. The van der Waals surface area contributed by atoms with Crippen molar-refractivity contribution in [2.24, 2.45) is 0 Å². The summed E-state index contributed by atoms with van der Waals surface area (Å²) in [6.07, 6.45) is 4.75. The first-order valence-corrected chi connectivity index (χ1v) is 10.9. The van der Waals surface area contributed by atoms with Crippen molar-refractivity contribution in [1.82, 2.24) is 14.4 Å². The van der Waals surface area contributed by atoms with Crippen molar-refractivity contribution in [3.8, 4) is 11.3 Å². The van der Waals surface area contributed by atoms with Gasteiger partial charge in [-0.2, -0.15) is 0 Å². The van der Waals surface area contributed by atoms with Gasteiger partial charge in [-0.15, -0.1) is 0 Å². The summed E-state index contributed by atoms with van der Waals surface area (Å²) in [5.41, 5.74) is 6.82. The minimum Gasteiger partial charge on any atom is -0.378 e. The number of anilines is 3. The number of hydrogen-bond donors (Lipinski definition) is 1. The number of hydrogen-bond acceptors (Lipinski definition) is 5. The van der Waals surface area contributed by atoms with E-state index >= 15 is 0 Å². The average molecular weight is 414 g/mol. The molecule has 158 valence electrons. The Morgan fingerprint density at radius 2 is 1.84 bits per heavy atom. The zero-order valence-electron chi connectivity index (χ0n) is 18.0. The van der Waals surface area contributed by atoms with Gasteiger partial charge in [-0.1, -0.05) is 37.3 Å². The number of ether oxygens (including phenoxy) is 1. The van der Waals surface area contributed by atoms with Crippen LogP contribution in [0.15, 0.2) is 60.9 Å². The molecule has 3 heterocycles. The zero-order valence-corrected chi connectivity index (χ0v) is 18.0. The van der Waals surface area contributed by atoms with E-state index in [0.717, 1.165) is 55.5 Å². The van der Waals surface area contributed by atoms with E-state index in [0.29, 0.717) is 5.78 Å². The smallest absolute Gasteiger partial charge is 0.235 e. The number of fused-ring (bicyclic) bond motifs is 1. The second-order valence-corrected chi connectivity index (χ2v) is 7.83. The van der Waals surface area contributed by atoms with Crippen molar-refractivity contribution in [2.75, 3.05) is 36.5 Å². The molecule has 1 saturated heterocycles. The molecule has 0 aliphatic carbocycles. The third-order valence-corrected chi connectivity index (χ3v) is 5.90. The van der Waals surface area contributed by atoms with Crippen LogP contribution in [0.1, 0.15) is 18.1 Å². The minimum absolute atomic E-state index is 0.684. The van der Waals surface area contributed by atoms with Crippen molar-refractivity contribution in [3.05, 3.63) is 72.1 Å². The lowest BCUT2D eigenvalue weighted by molar-refractivity contribution is 0.122. The van der Waals surface area contributed by atoms with Crippen molar-refractivity contribution in [1.29, 1.82) is 0 Å². The van der Waals surface area contributed by atoms with E-state index in [2.05, 4.69) is 71.5 Å². The highest BCUT2D eigenvalue weighted by Gasteiger charge is 2.18. The second kappa shape index (κ2) is 8.40. The number of nitrogens with one attached hydrogen (secondary N) is 1. The molecule has 0 unspecified atom stereocenters. The molecule has 1 aliphatic heterocycles. The zero-order chi connectivity index (χ0) is 21.2. The second-order valence-electron chi connectivity index (χ2n) is 7.83. The third-order valence-electron chi connectivity index (χ3n) is 5.90. The summed E-state index contributed by atoms with van der Waals surface area (Å²) in [6.45, 7) is 7.74. The van der Waals surface area contributed by atoms with E-state index in [-0.39, 0.29) is 0 Å². The summed E-state index contributed by atoms with van der Waals surface area (Å²) < 4.78 is 7.50. The molecule has 0 spiro atoms. The number of imidazole rings is 1. The Bertz CT molecular complexity index is 1190. The molecule has 6 nitrogen and oxygen atoms in total. The van der Waals surface area contributed by atoms with Crippen molar-refractivity contribution in [2.45, 2.75) is 20.3 Å². The third kappa shape index (κ3) is 3.75. The Balaban J connectivity index is 1.57. The highest BCUT2D eigenvalue weighted by molar-refractivity contribution is 5.81. The van der Waals surface area contributed by atoms with Crippen LogP contribution >= 0.6 is 0 Å². The fourth-order valence-corrected chi connectivity index (χ4v) is 4.18. The number of aryl methyl sites for hydroxylation is 2. The molecule has 1 N–H and O–H groups in total. The van der Waals surface area contributed by atoms with E-state index < -0.39 is 0 Å². The summed E-state index contributed by atoms with van der Waals surface area (Å²) in [4.78, 5) is 11.7. The van der Waals surface area contributed by atoms with Gasteiger partial charge in [-0.3, -0.25) is 4.40 Å². The van der Waals surface area contributed by atoms with Gasteiger partial charge in [-0.05, 0) is 42.7 Å². The van der Waals surface area contributed by atoms with Crippen LogP contribution in [0.25, 0.3) is 17.0 Å². The van der Waals surface area contributed by atoms with Crippen LogP contribution in [-0.4, -0.2) is 40.7 Å². The van der Waals surface area contributed by atoms with Gasteiger partial charge in [0.25, 0.3) is 0 Å². The Morgan fingerprint density at radius 1 is 1.03 bits per heavy atom. The number of para-hydroxylation sites is 1. The monoisotopic (exact) mass is 413 g/mol. The summed E-state index contributed by atoms with van der Waals surface area (Å²) in [5, 5.41) is 3.69. The van der Waals surface area contributed by atoms with Crippen LogP contribution in [0.2, 0.25) is 0 Å². The molecule has 31 heavy (non-hydrogen) atoms. The number of benzene rings is 2. The van der Waals surface area contributed by atoms with Gasteiger partial charge < -0.3 is 15.0 Å². The molecular formula is C25H27N5O. The van der Waals surface area contributed by atoms with E-state index in [4.69, 9.17) is 9.72 Å². The van der Waals surface area contributed by atoms with Crippen LogP contribution in [0.3, 0.4) is 0 Å². The maximum absolute atomic E-state index is 5.48. The lowest BCUT2D eigenvalue weighted by Gasteiger charge is -2.28. The van der Waals surface area contributed by atoms with E-state index in [1.807, 2.05) is 16.7 Å². The molecule has 4 aromatic rings. The Morgan fingerprint density at radius 3 is 2.61 bits per heavy atom. The molecule has 6 heteroatoms. The minimum atomic E-state index is 0.684. The standard InChI is InChI=1S/C25H27N5O/c1-3-19-7-4-6-18(2)22(19)27-24-23(28-25-26-12-5-13-30(24)25)20-8-10-21(11-9-20)29-14-16-31-17-15-29/h4-13,27H,3,14-17H2,1-2H3. The van der Waals surface area contributed by atoms with Gasteiger partial charge >= 0.3 is 0 Å². The quantitative estimate of drug-likeness (QED) is 0.507. The number of nitrogens with zero attached hydrogens (tertiary/aromatic N) is 4. The SMILES string of the molecule is CCc1cccc(C)c1Nc1c(-c2ccc(N3CCOCC3)cc2)nc2ncccn12. The van der Waals surface area contributed by atoms with E-state index in [1.165, 1.54) is 16.8 Å². The van der Waals surface area contributed by atoms with E-state index in [1.54, 1.807) is 6.20 Å². The van der Waals surface area contributed by atoms with Gasteiger partial charge in [0.2, 0.25) is 5.78 Å². The number of aromatic nitrogens is 3. The fraction of sp³-hybridized carbons (Fsp3) is 0.280. The fourth-order valence-electron chi connectivity index (χ4n) is 4.18. The topological polar surface area (TPSA) is 54.7 Å². The lowest BCUT2D eigenvalue weighted by atomic mass is 10.1. The van der Waals surface area contributed by atoms with Gasteiger partial charge in [-0.25, -0.2) is 9.97 Å². The summed E-state index contributed by atoms with van der Waals surface area (Å²) in [6, 6.07) is 17.0. The highest BCUT2D eigenvalue weighted by Crippen LogP contribution is 2.34. The lowest BCUT2D eigenvalue weighted by Crippen LogP contribution is -2.36. The van der Waals surface area contributed by atoms with Gasteiger partial charge in [0.1, 0.15) is 11.5 Å². The predicted octanol–water partition coefficient (Wildman–Crippen LogP) is 4.85. The van der Waals surface area contributed by atoms with Crippen molar-refractivity contribution < 1.29 is 4.74 Å². The molecule has 1 fully saturated rings. The first kappa shape index (κ1) is 19.6. The first-order valence-electron chi connectivity index (χ1n) is 10.9. The molecule has 0 radical (unpaired) electrons. The van der Waals surface area contributed by atoms with Crippen molar-refractivity contribution >= 4 is 23.0 Å². The maximum atomic E-state index is 5.48.